The molecule has 0 saturated carbocycles. The average molecular weight is 180 g/mol. The lowest BCUT2D eigenvalue weighted by molar-refractivity contribution is 0.112. The number of ether oxygens (including phenoxy) is 1. The molecule has 1 N–H and O–H groups in total. The van der Waals surface area contributed by atoms with Gasteiger partial charge in [0, 0.05) is 18.8 Å². The molecular weight excluding hydrogens is 172 g/mol. The summed E-state index contributed by atoms with van der Waals surface area (Å²) in [6.07, 6.45) is 2.76. The van der Waals surface area contributed by atoms with Crippen LogP contribution in [0.1, 0.15) is 10.4 Å². The molecule has 5 heteroatoms. The van der Waals surface area contributed by atoms with E-state index in [2.05, 4.69) is 10.3 Å². The lowest BCUT2D eigenvalue weighted by atomic mass is 10.3. The molecule has 1 amide bonds. The summed E-state index contributed by atoms with van der Waals surface area (Å²) in [6, 6.07) is 1.43. The Hall–Kier alpha value is -1.91. The van der Waals surface area contributed by atoms with Gasteiger partial charge in [0.15, 0.2) is 12.0 Å². The summed E-state index contributed by atoms with van der Waals surface area (Å²) >= 11 is 0. The van der Waals surface area contributed by atoms with E-state index in [1.54, 1.807) is 0 Å². The number of amides is 1. The van der Waals surface area contributed by atoms with Crippen LogP contribution < -0.4 is 10.1 Å². The Labute approximate surface area is 74.7 Å². The third-order valence-corrected chi connectivity index (χ3v) is 1.29. The number of rotatable bonds is 2. The van der Waals surface area contributed by atoms with Crippen molar-refractivity contribution in [2.45, 2.75) is 0 Å². The van der Waals surface area contributed by atoms with E-state index in [1.807, 2.05) is 0 Å². The molecule has 1 rings (SSSR count). The van der Waals surface area contributed by atoms with E-state index in [0.717, 1.165) is 0 Å². The van der Waals surface area contributed by atoms with Crippen LogP contribution in [0.5, 0.6) is 5.75 Å². The van der Waals surface area contributed by atoms with Crippen LogP contribution in [-0.4, -0.2) is 24.4 Å². The summed E-state index contributed by atoms with van der Waals surface area (Å²) in [5.74, 6) is 0.240. The van der Waals surface area contributed by atoms with Gasteiger partial charge in [0.25, 0.3) is 0 Å². The van der Waals surface area contributed by atoms with Gasteiger partial charge >= 0.3 is 6.09 Å². The minimum absolute atomic E-state index is 0.240. The van der Waals surface area contributed by atoms with Crippen LogP contribution in [0.3, 0.4) is 0 Å². The molecule has 0 aromatic carbocycles. The molecular formula is C8H8N2O3. The third kappa shape index (κ3) is 2.55. The largest absolute Gasteiger partial charge is 0.412 e. The van der Waals surface area contributed by atoms with Crippen molar-refractivity contribution in [1.82, 2.24) is 10.3 Å². The summed E-state index contributed by atoms with van der Waals surface area (Å²) in [5, 5.41) is 2.27. The molecule has 0 unspecified atom stereocenters. The number of aromatic nitrogens is 1. The fourth-order valence-corrected chi connectivity index (χ4v) is 0.714. The molecule has 0 aliphatic heterocycles. The second-order valence-electron chi connectivity index (χ2n) is 2.21. The molecule has 0 spiro atoms. The van der Waals surface area contributed by atoms with E-state index in [0.29, 0.717) is 11.8 Å². The van der Waals surface area contributed by atoms with Gasteiger partial charge in [-0.2, -0.15) is 0 Å². The summed E-state index contributed by atoms with van der Waals surface area (Å²) in [7, 11) is 1.44. The number of nitrogens with one attached hydrogen (secondary N) is 1. The Morgan fingerprint density at radius 2 is 2.38 bits per heavy atom. The first-order valence-electron chi connectivity index (χ1n) is 3.56. The van der Waals surface area contributed by atoms with Gasteiger partial charge in [0.1, 0.15) is 0 Å². The average Bonchev–Trinajstić information content (AvgIpc) is 2.18. The molecule has 13 heavy (non-hydrogen) atoms. The maximum atomic E-state index is 10.7. The highest BCUT2D eigenvalue weighted by Gasteiger charge is 2.01. The first kappa shape index (κ1) is 9.18. The van der Waals surface area contributed by atoms with Crippen LogP contribution in [0.2, 0.25) is 0 Å². The van der Waals surface area contributed by atoms with Crippen molar-refractivity contribution >= 4 is 12.4 Å². The van der Waals surface area contributed by atoms with Crippen LogP contribution in [0.4, 0.5) is 4.79 Å². The fourth-order valence-electron chi connectivity index (χ4n) is 0.714. The summed E-state index contributed by atoms with van der Waals surface area (Å²) in [4.78, 5) is 24.8. The molecule has 0 aliphatic carbocycles. The molecule has 0 aliphatic rings. The Balaban J connectivity index is 2.77. The van der Waals surface area contributed by atoms with Crippen molar-refractivity contribution in [3.8, 4) is 5.75 Å². The van der Waals surface area contributed by atoms with Gasteiger partial charge in [-0.3, -0.25) is 9.78 Å². The molecule has 68 valence electrons. The van der Waals surface area contributed by atoms with Gasteiger partial charge in [0.05, 0.1) is 6.20 Å². The number of hydrogen-bond acceptors (Lipinski definition) is 4. The molecule has 0 atom stereocenters. The molecule has 0 radical (unpaired) electrons. The molecule has 0 bridgehead atoms. The van der Waals surface area contributed by atoms with E-state index in [-0.39, 0.29) is 5.75 Å². The first-order valence-corrected chi connectivity index (χ1v) is 3.56. The van der Waals surface area contributed by atoms with Crippen LogP contribution in [-0.2, 0) is 0 Å². The lowest BCUT2D eigenvalue weighted by Crippen LogP contribution is -2.22. The standard InChI is InChI=1S/C8H8N2O3/c1-9-8(12)13-7-2-6(5-11)3-10-4-7/h2-5H,1H3,(H,9,12). The zero-order valence-corrected chi connectivity index (χ0v) is 6.98. The van der Waals surface area contributed by atoms with Crippen molar-refractivity contribution in [2.24, 2.45) is 0 Å². The van der Waals surface area contributed by atoms with Crippen molar-refractivity contribution in [2.75, 3.05) is 7.05 Å². The number of pyridine rings is 1. The van der Waals surface area contributed by atoms with Crippen LogP contribution in [0.15, 0.2) is 18.5 Å². The maximum absolute atomic E-state index is 10.7. The molecule has 1 aromatic heterocycles. The van der Waals surface area contributed by atoms with Crippen LogP contribution >= 0.6 is 0 Å². The molecule has 5 nitrogen and oxygen atoms in total. The SMILES string of the molecule is CNC(=O)Oc1cncc(C=O)c1. The van der Waals surface area contributed by atoms with Crippen LogP contribution in [0, 0.1) is 0 Å². The number of carbonyl (C=O) groups excluding carboxylic acids is 2. The van der Waals surface area contributed by atoms with E-state index in [1.165, 1.54) is 25.5 Å². The number of carbonyl (C=O) groups is 2. The Bertz CT molecular complexity index is 325. The summed E-state index contributed by atoms with van der Waals surface area (Å²) < 4.78 is 4.73. The van der Waals surface area contributed by atoms with Crippen LogP contribution in [0.25, 0.3) is 0 Å². The number of aldehydes is 1. The van der Waals surface area contributed by atoms with Crippen molar-refractivity contribution in [1.29, 1.82) is 0 Å². The van der Waals surface area contributed by atoms with Gasteiger partial charge in [-0.1, -0.05) is 0 Å². The van der Waals surface area contributed by atoms with Gasteiger partial charge < -0.3 is 10.1 Å². The highest BCUT2D eigenvalue weighted by atomic mass is 16.6. The molecule has 1 heterocycles. The number of hydrogen-bond donors (Lipinski definition) is 1. The zero-order chi connectivity index (χ0) is 9.68. The second-order valence-corrected chi connectivity index (χ2v) is 2.21. The maximum Gasteiger partial charge on any atom is 0.412 e. The van der Waals surface area contributed by atoms with Gasteiger partial charge in [0.2, 0.25) is 0 Å². The minimum atomic E-state index is -0.593. The predicted molar refractivity (Wildman–Crippen MR) is 44.7 cm³/mol. The lowest BCUT2D eigenvalue weighted by Gasteiger charge is -2.01. The monoisotopic (exact) mass is 180 g/mol. The van der Waals surface area contributed by atoms with Gasteiger partial charge in [-0.05, 0) is 6.07 Å². The zero-order valence-electron chi connectivity index (χ0n) is 6.98. The second kappa shape index (κ2) is 4.20. The summed E-state index contributed by atoms with van der Waals surface area (Å²) in [5.41, 5.74) is 0.362. The van der Waals surface area contributed by atoms with Crippen molar-refractivity contribution in [3.63, 3.8) is 0 Å². The van der Waals surface area contributed by atoms with E-state index >= 15 is 0 Å². The van der Waals surface area contributed by atoms with E-state index < -0.39 is 6.09 Å². The van der Waals surface area contributed by atoms with Crippen molar-refractivity contribution < 1.29 is 14.3 Å². The van der Waals surface area contributed by atoms with Gasteiger partial charge in [-0.15, -0.1) is 0 Å². The highest BCUT2D eigenvalue weighted by Crippen LogP contribution is 2.09. The van der Waals surface area contributed by atoms with E-state index in [9.17, 15) is 9.59 Å². The Morgan fingerprint density at radius 3 is 3.00 bits per heavy atom. The van der Waals surface area contributed by atoms with E-state index in [4.69, 9.17) is 4.74 Å². The van der Waals surface area contributed by atoms with Gasteiger partial charge in [-0.25, -0.2) is 4.79 Å². The third-order valence-electron chi connectivity index (χ3n) is 1.29. The Morgan fingerprint density at radius 1 is 1.62 bits per heavy atom. The first-order chi connectivity index (χ1) is 6.26. The highest BCUT2D eigenvalue weighted by molar-refractivity contribution is 5.76. The predicted octanol–water partition coefficient (Wildman–Crippen LogP) is 0.612. The molecule has 0 saturated heterocycles. The van der Waals surface area contributed by atoms with Crippen molar-refractivity contribution in [3.05, 3.63) is 24.0 Å². The summed E-state index contributed by atoms with van der Waals surface area (Å²) in [6.45, 7) is 0. The quantitative estimate of drug-likeness (QED) is 0.677. The normalized spacial score (nSPS) is 9.00. The minimum Gasteiger partial charge on any atom is -0.409 e. The molecule has 0 fully saturated rings. The fraction of sp³-hybridized carbons (Fsp3) is 0.125. The number of nitrogens with zero attached hydrogens (tertiary/aromatic N) is 1. The topological polar surface area (TPSA) is 68.3 Å². The molecule has 1 aromatic rings. The smallest absolute Gasteiger partial charge is 0.409 e. The Kier molecular flexibility index (Phi) is 2.97.